The fraction of sp³-hybridized carbons (Fsp3) is 0.400. The SMILES string of the molecule is COc1ccc(F)c(F)c1C(N)CCO. The van der Waals surface area contributed by atoms with Gasteiger partial charge in [-0.2, -0.15) is 0 Å². The summed E-state index contributed by atoms with van der Waals surface area (Å²) in [6.45, 7) is -0.194. The van der Waals surface area contributed by atoms with E-state index in [4.69, 9.17) is 15.6 Å². The number of benzene rings is 1. The van der Waals surface area contributed by atoms with Crippen LogP contribution in [0.2, 0.25) is 0 Å². The average molecular weight is 217 g/mol. The van der Waals surface area contributed by atoms with E-state index in [9.17, 15) is 8.78 Å². The van der Waals surface area contributed by atoms with E-state index < -0.39 is 17.7 Å². The molecule has 84 valence electrons. The van der Waals surface area contributed by atoms with E-state index in [2.05, 4.69) is 0 Å². The molecule has 0 spiro atoms. The molecular formula is C10H13F2NO2. The third-order valence-electron chi connectivity index (χ3n) is 2.12. The zero-order valence-electron chi connectivity index (χ0n) is 8.34. The van der Waals surface area contributed by atoms with Crippen LogP contribution in [0.25, 0.3) is 0 Å². The first-order chi connectivity index (χ1) is 7.11. The largest absolute Gasteiger partial charge is 0.496 e. The van der Waals surface area contributed by atoms with Crippen molar-refractivity contribution >= 4 is 0 Å². The van der Waals surface area contributed by atoms with Gasteiger partial charge in [-0.1, -0.05) is 0 Å². The highest BCUT2D eigenvalue weighted by atomic mass is 19.2. The van der Waals surface area contributed by atoms with E-state index in [0.29, 0.717) is 0 Å². The summed E-state index contributed by atoms with van der Waals surface area (Å²) >= 11 is 0. The highest BCUT2D eigenvalue weighted by molar-refractivity contribution is 5.37. The van der Waals surface area contributed by atoms with Gasteiger partial charge < -0.3 is 15.6 Å². The molecule has 1 rings (SSSR count). The van der Waals surface area contributed by atoms with E-state index in [0.717, 1.165) is 6.07 Å². The lowest BCUT2D eigenvalue weighted by atomic mass is 10.0. The van der Waals surface area contributed by atoms with Crippen LogP contribution in [0.15, 0.2) is 12.1 Å². The topological polar surface area (TPSA) is 55.5 Å². The molecule has 5 heteroatoms. The molecule has 1 aromatic rings. The van der Waals surface area contributed by atoms with Crippen LogP contribution in [0.5, 0.6) is 5.75 Å². The zero-order valence-corrected chi connectivity index (χ0v) is 8.34. The number of halogens is 2. The monoisotopic (exact) mass is 217 g/mol. The Kier molecular flexibility index (Phi) is 3.99. The van der Waals surface area contributed by atoms with Gasteiger partial charge in [-0.15, -0.1) is 0 Å². The number of nitrogens with two attached hydrogens (primary N) is 1. The summed E-state index contributed by atoms with van der Waals surface area (Å²) in [5.74, 6) is -1.80. The first kappa shape index (κ1) is 11.9. The van der Waals surface area contributed by atoms with Gasteiger partial charge in [0.25, 0.3) is 0 Å². The van der Waals surface area contributed by atoms with Gasteiger partial charge in [0.1, 0.15) is 5.75 Å². The molecule has 0 bridgehead atoms. The summed E-state index contributed by atoms with van der Waals surface area (Å²) in [5, 5.41) is 8.68. The van der Waals surface area contributed by atoms with Crippen molar-refractivity contribution in [2.45, 2.75) is 12.5 Å². The molecule has 0 saturated heterocycles. The average Bonchev–Trinajstić information content (AvgIpc) is 2.22. The van der Waals surface area contributed by atoms with Gasteiger partial charge in [-0.25, -0.2) is 8.78 Å². The predicted molar refractivity (Wildman–Crippen MR) is 51.5 cm³/mol. The lowest BCUT2D eigenvalue weighted by Gasteiger charge is -2.15. The molecule has 3 nitrogen and oxygen atoms in total. The molecule has 1 atom stereocenters. The van der Waals surface area contributed by atoms with Crippen molar-refractivity contribution in [3.8, 4) is 5.75 Å². The highest BCUT2D eigenvalue weighted by Crippen LogP contribution is 2.29. The van der Waals surface area contributed by atoms with E-state index >= 15 is 0 Å². The van der Waals surface area contributed by atoms with Gasteiger partial charge in [0.15, 0.2) is 11.6 Å². The molecule has 0 aliphatic carbocycles. The molecule has 0 aliphatic rings. The molecular weight excluding hydrogens is 204 g/mol. The Morgan fingerprint density at radius 1 is 1.47 bits per heavy atom. The van der Waals surface area contributed by atoms with Crippen molar-refractivity contribution in [1.82, 2.24) is 0 Å². The fourth-order valence-corrected chi connectivity index (χ4v) is 1.36. The van der Waals surface area contributed by atoms with E-state index in [1.165, 1.54) is 13.2 Å². The summed E-state index contributed by atoms with van der Waals surface area (Å²) in [6, 6.07) is 1.51. The number of hydrogen-bond donors (Lipinski definition) is 2. The summed E-state index contributed by atoms with van der Waals surface area (Å²) < 4.78 is 31.2. The van der Waals surface area contributed by atoms with Crippen molar-refractivity contribution < 1.29 is 18.6 Å². The highest BCUT2D eigenvalue weighted by Gasteiger charge is 2.19. The number of ether oxygens (including phenoxy) is 1. The molecule has 1 aromatic carbocycles. The summed E-state index contributed by atoms with van der Waals surface area (Å²) in [6.07, 6.45) is 0.150. The van der Waals surface area contributed by atoms with Crippen LogP contribution in [0.1, 0.15) is 18.0 Å². The Bertz CT molecular complexity index is 344. The first-order valence-electron chi connectivity index (χ1n) is 4.50. The maximum Gasteiger partial charge on any atom is 0.167 e. The number of aliphatic hydroxyl groups is 1. The lowest BCUT2D eigenvalue weighted by Crippen LogP contribution is -2.15. The summed E-state index contributed by atoms with van der Waals surface area (Å²) in [4.78, 5) is 0. The molecule has 0 aromatic heterocycles. The molecule has 3 N–H and O–H groups in total. The fourth-order valence-electron chi connectivity index (χ4n) is 1.36. The number of methoxy groups -OCH3 is 1. The summed E-state index contributed by atoms with van der Waals surface area (Å²) in [5.41, 5.74) is 5.57. The van der Waals surface area contributed by atoms with Gasteiger partial charge in [0.05, 0.1) is 7.11 Å². The lowest BCUT2D eigenvalue weighted by molar-refractivity contribution is 0.273. The predicted octanol–water partition coefficient (Wildman–Crippen LogP) is 1.36. The van der Waals surface area contributed by atoms with Crippen LogP contribution in [0, 0.1) is 11.6 Å². The van der Waals surface area contributed by atoms with Crippen LogP contribution in [-0.4, -0.2) is 18.8 Å². The third kappa shape index (κ3) is 2.43. The Balaban J connectivity index is 3.17. The molecule has 0 heterocycles. The smallest absolute Gasteiger partial charge is 0.167 e. The minimum absolute atomic E-state index is 0.0356. The molecule has 0 saturated carbocycles. The zero-order chi connectivity index (χ0) is 11.4. The van der Waals surface area contributed by atoms with Crippen LogP contribution in [0.4, 0.5) is 8.78 Å². The van der Waals surface area contributed by atoms with Crippen molar-refractivity contribution in [3.63, 3.8) is 0 Å². The molecule has 0 amide bonds. The van der Waals surface area contributed by atoms with Crippen molar-refractivity contribution in [3.05, 3.63) is 29.3 Å². The van der Waals surface area contributed by atoms with E-state index in [-0.39, 0.29) is 24.3 Å². The third-order valence-corrected chi connectivity index (χ3v) is 2.12. The van der Waals surface area contributed by atoms with Gasteiger partial charge in [0, 0.05) is 18.2 Å². The van der Waals surface area contributed by atoms with Gasteiger partial charge in [0.2, 0.25) is 0 Å². The molecule has 0 aliphatic heterocycles. The maximum absolute atomic E-state index is 13.4. The standard InChI is InChI=1S/C10H13F2NO2/c1-15-8-3-2-6(11)10(12)9(8)7(13)4-5-14/h2-3,7,14H,4-5,13H2,1H3. The Morgan fingerprint density at radius 3 is 2.67 bits per heavy atom. The van der Waals surface area contributed by atoms with Crippen LogP contribution >= 0.6 is 0 Å². The number of aliphatic hydroxyl groups excluding tert-OH is 1. The number of rotatable bonds is 4. The normalized spacial score (nSPS) is 12.6. The van der Waals surface area contributed by atoms with Crippen LogP contribution in [0.3, 0.4) is 0 Å². The van der Waals surface area contributed by atoms with Crippen molar-refractivity contribution in [1.29, 1.82) is 0 Å². The Morgan fingerprint density at radius 2 is 2.13 bits per heavy atom. The first-order valence-corrected chi connectivity index (χ1v) is 4.50. The Hall–Kier alpha value is -1.20. The minimum atomic E-state index is -1.02. The maximum atomic E-state index is 13.4. The van der Waals surface area contributed by atoms with Crippen LogP contribution < -0.4 is 10.5 Å². The quantitative estimate of drug-likeness (QED) is 0.800. The Labute approximate surface area is 86.5 Å². The van der Waals surface area contributed by atoms with Crippen molar-refractivity contribution in [2.24, 2.45) is 5.73 Å². The molecule has 0 radical (unpaired) electrons. The van der Waals surface area contributed by atoms with Crippen LogP contribution in [-0.2, 0) is 0 Å². The second-order valence-corrected chi connectivity index (χ2v) is 3.10. The second kappa shape index (κ2) is 5.04. The number of hydrogen-bond acceptors (Lipinski definition) is 3. The van der Waals surface area contributed by atoms with E-state index in [1.54, 1.807) is 0 Å². The molecule has 1 unspecified atom stereocenters. The molecule has 0 fully saturated rings. The van der Waals surface area contributed by atoms with Crippen molar-refractivity contribution in [2.75, 3.05) is 13.7 Å². The van der Waals surface area contributed by atoms with Gasteiger partial charge >= 0.3 is 0 Å². The minimum Gasteiger partial charge on any atom is -0.496 e. The molecule has 15 heavy (non-hydrogen) atoms. The van der Waals surface area contributed by atoms with Gasteiger partial charge in [-0.3, -0.25) is 0 Å². The second-order valence-electron chi connectivity index (χ2n) is 3.10. The van der Waals surface area contributed by atoms with E-state index in [1.807, 2.05) is 0 Å². The summed E-state index contributed by atoms with van der Waals surface area (Å²) in [7, 11) is 1.35. The van der Waals surface area contributed by atoms with Gasteiger partial charge in [-0.05, 0) is 18.6 Å².